The zero-order chi connectivity index (χ0) is 12.1. The summed E-state index contributed by atoms with van der Waals surface area (Å²) in [6, 6.07) is 6.54. The standard InChI is InChI=1S/C12H16ClNO2/c1-9(2)8-14(12(16)7-13)10-3-5-11(15)6-4-10/h3-6,9,15H,7-8H2,1-2H3. The summed E-state index contributed by atoms with van der Waals surface area (Å²) in [5, 5.41) is 9.19. The summed E-state index contributed by atoms with van der Waals surface area (Å²) in [6.45, 7) is 4.69. The number of hydrogen-bond acceptors (Lipinski definition) is 2. The van der Waals surface area contributed by atoms with Crippen molar-refractivity contribution in [1.82, 2.24) is 0 Å². The summed E-state index contributed by atoms with van der Waals surface area (Å²) >= 11 is 5.57. The van der Waals surface area contributed by atoms with Crippen molar-refractivity contribution < 1.29 is 9.90 Å². The van der Waals surface area contributed by atoms with Crippen LogP contribution in [0.15, 0.2) is 24.3 Å². The number of carbonyl (C=O) groups is 1. The highest BCUT2D eigenvalue weighted by molar-refractivity contribution is 6.29. The molecule has 88 valence electrons. The number of phenols is 1. The normalized spacial score (nSPS) is 10.5. The van der Waals surface area contributed by atoms with Gasteiger partial charge in [-0.1, -0.05) is 13.8 Å². The second-order valence-electron chi connectivity index (χ2n) is 4.05. The van der Waals surface area contributed by atoms with E-state index < -0.39 is 0 Å². The quantitative estimate of drug-likeness (QED) is 0.824. The molecule has 0 spiro atoms. The number of alkyl halides is 1. The Balaban J connectivity index is 2.91. The minimum Gasteiger partial charge on any atom is -0.508 e. The number of anilines is 1. The Morgan fingerprint density at radius 2 is 1.94 bits per heavy atom. The molecule has 1 N–H and O–H groups in total. The number of phenolic OH excluding ortho intramolecular Hbond substituents is 1. The molecule has 0 bridgehead atoms. The monoisotopic (exact) mass is 241 g/mol. The molecule has 0 saturated heterocycles. The summed E-state index contributed by atoms with van der Waals surface area (Å²) in [6.07, 6.45) is 0. The number of aromatic hydroxyl groups is 1. The molecule has 3 nitrogen and oxygen atoms in total. The predicted molar refractivity (Wildman–Crippen MR) is 66.0 cm³/mol. The maximum absolute atomic E-state index is 11.7. The summed E-state index contributed by atoms with van der Waals surface area (Å²) in [7, 11) is 0. The second-order valence-corrected chi connectivity index (χ2v) is 4.32. The molecule has 4 heteroatoms. The summed E-state index contributed by atoms with van der Waals surface area (Å²) < 4.78 is 0. The first kappa shape index (κ1) is 12.8. The Hall–Kier alpha value is -1.22. The lowest BCUT2D eigenvalue weighted by Gasteiger charge is -2.23. The number of halogens is 1. The van der Waals surface area contributed by atoms with Crippen LogP contribution in [0.3, 0.4) is 0 Å². The molecule has 0 aliphatic rings. The first-order valence-electron chi connectivity index (χ1n) is 5.20. The van der Waals surface area contributed by atoms with E-state index in [0.717, 1.165) is 5.69 Å². The zero-order valence-corrected chi connectivity index (χ0v) is 10.2. The van der Waals surface area contributed by atoms with Crippen LogP contribution in [0.4, 0.5) is 5.69 Å². The molecular weight excluding hydrogens is 226 g/mol. The van der Waals surface area contributed by atoms with E-state index in [2.05, 4.69) is 0 Å². The van der Waals surface area contributed by atoms with E-state index in [-0.39, 0.29) is 17.5 Å². The lowest BCUT2D eigenvalue weighted by atomic mass is 10.2. The van der Waals surface area contributed by atoms with Crippen LogP contribution in [0.5, 0.6) is 5.75 Å². The van der Waals surface area contributed by atoms with Crippen LogP contribution in [0.1, 0.15) is 13.8 Å². The van der Waals surface area contributed by atoms with E-state index >= 15 is 0 Å². The van der Waals surface area contributed by atoms with Gasteiger partial charge in [-0.05, 0) is 30.2 Å². The van der Waals surface area contributed by atoms with E-state index in [1.54, 1.807) is 29.2 Å². The van der Waals surface area contributed by atoms with Gasteiger partial charge in [0.2, 0.25) is 5.91 Å². The molecule has 1 aromatic carbocycles. The second kappa shape index (κ2) is 5.75. The summed E-state index contributed by atoms with van der Waals surface area (Å²) in [5.74, 6) is 0.390. The third-order valence-corrected chi connectivity index (χ3v) is 2.35. The minimum absolute atomic E-state index is 0.0341. The van der Waals surface area contributed by atoms with Crippen molar-refractivity contribution in [3.8, 4) is 5.75 Å². The first-order chi connectivity index (χ1) is 7.54. The van der Waals surface area contributed by atoms with Crippen molar-refractivity contribution >= 4 is 23.2 Å². The highest BCUT2D eigenvalue weighted by Crippen LogP contribution is 2.20. The lowest BCUT2D eigenvalue weighted by molar-refractivity contribution is -0.116. The van der Waals surface area contributed by atoms with Gasteiger partial charge in [0.1, 0.15) is 11.6 Å². The van der Waals surface area contributed by atoms with Gasteiger partial charge in [-0.3, -0.25) is 4.79 Å². The SMILES string of the molecule is CC(C)CN(C(=O)CCl)c1ccc(O)cc1. The molecule has 0 heterocycles. The van der Waals surface area contributed by atoms with Gasteiger partial charge in [0.05, 0.1) is 0 Å². The van der Waals surface area contributed by atoms with Crippen LogP contribution < -0.4 is 4.90 Å². The Morgan fingerprint density at radius 3 is 2.38 bits per heavy atom. The van der Waals surface area contributed by atoms with E-state index in [1.165, 1.54) is 0 Å². The lowest BCUT2D eigenvalue weighted by Crippen LogP contribution is -2.35. The fraction of sp³-hybridized carbons (Fsp3) is 0.417. The Labute approximate surface area is 101 Å². The molecule has 0 aromatic heterocycles. The molecule has 1 aromatic rings. The highest BCUT2D eigenvalue weighted by Gasteiger charge is 2.15. The molecule has 0 unspecified atom stereocenters. The van der Waals surface area contributed by atoms with Crippen LogP contribution in [0.25, 0.3) is 0 Å². The van der Waals surface area contributed by atoms with Crippen LogP contribution >= 0.6 is 11.6 Å². The fourth-order valence-corrected chi connectivity index (χ4v) is 1.57. The average molecular weight is 242 g/mol. The highest BCUT2D eigenvalue weighted by atomic mass is 35.5. The van der Waals surface area contributed by atoms with Crippen molar-refractivity contribution in [2.75, 3.05) is 17.3 Å². The third kappa shape index (κ3) is 3.42. The van der Waals surface area contributed by atoms with Gasteiger partial charge in [-0.25, -0.2) is 0 Å². The summed E-state index contributed by atoms with van der Waals surface area (Å²) in [4.78, 5) is 13.3. The molecular formula is C12H16ClNO2. The van der Waals surface area contributed by atoms with Gasteiger partial charge >= 0.3 is 0 Å². The van der Waals surface area contributed by atoms with Gasteiger partial charge in [0.25, 0.3) is 0 Å². The molecule has 0 aliphatic carbocycles. The number of amides is 1. The molecule has 1 rings (SSSR count). The van der Waals surface area contributed by atoms with Crippen LogP contribution in [-0.2, 0) is 4.79 Å². The Bertz CT molecular complexity index is 349. The van der Waals surface area contributed by atoms with E-state index in [0.29, 0.717) is 12.5 Å². The number of carbonyl (C=O) groups excluding carboxylic acids is 1. The number of hydrogen-bond donors (Lipinski definition) is 1. The number of nitrogens with zero attached hydrogens (tertiary/aromatic N) is 1. The van der Waals surface area contributed by atoms with Gasteiger partial charge in [-0.2, -0.15) is 0 Å². The van der Waals surface area contributed by atoms with Crippen molar-refractivity contribution in [3.63, 3.8) is 0 Å². The largest absolute Gasteiger partial charge is 0.508 e. The van der Waals surface area contributed by atoms with Gasteiger partial charge in [-0.15, -0.1) is 11.6 Å². The predicted octanol–water partition coefficient (Wildman–Crippen LogP) is 2.62. The van der Waals surface area contributed by atoms with Crippen molar-refractivity contribution in [2.45, 2.75) is 13.8 Å². The molecule has 16 heavy (non-hydrogen) atoms. The van der Waals surface area contributed by atoms with Crippen molar-refractivity contribution in [3.05, 3.63) is 24.3 Å². The van der Waals surface area contributed by atoms with E-state index in [9.17, 15) is 9.90 Å². The topological polar surface area (TPSA) is 40.5 Å². The molecule has 0 radical (unpaired) electrons. The summed E-state index contributed by atoms with van der Waals surface area (Å²) in [5.41, 5.74) is 0.761. The van der Waals surface area contributed by atoms with E-state index in [4.69, 9.17) is 11.6 Å². The van der Waals surface area contributed by atoms with E-state index in [1.807, 2.05) is 13.8 Å². The maximum atomic E-state index is 11.7. The average Bonchev–Trinajstić information content (AvgIpc) is 2.26. The van der Waals surface area contributed by atoms with Crippen LogP contribution in [0, 0.1) is 5.92 Å². The van der Waals surface area contributed by atoms with Gasteiger partial charge in [0.15, 0.2) is 0 Å². The Morgan fingerprint density at radius 1 is 1.38 bits per heavy atom. The number of rotatable bonds is 4. The smallest absolute Gasteiger partial charge is 0.241 e. The Kier molecular flexibility index (Phi) is 4.62. The third-order valence-electron chi connectivity index (χ3n) is 2.12. The first-order valence-corrected chi connectivity index (χ1v) is 5.73. The van der Waals surface area contributed by atoms with Gasteiger partial charge < -0.3 is 10.0 Å². The molecule has 0 fully saturated rings. The van der Waals surface area contributed by atoms with Crippen LogP contribution in [-0.4, -0.2) is 23.4 Å². The minimum atomic E-state index is -0.124. The molecule has 0 aliphatic heterocycles. The number of benzene rings is 1. The molecule has 0 saturated carbocycles. The van der Waals surface area contributed by atoms with Gasteiger partial charge in [0, 0.05) is 12.2 Å². The zero-order valence-electron chi connectivity index (χ0n) is 9.48. The fourth-order valence-electron chi connectivity index (χ4n) is 1.42. The van der Waals surface area contributed by atoms with Crippen LogP contribution in [0.2, 0.25) is 0 Å². The van der Waals surface area contributed by atoms with Crippen molar-refractivity contribution in [2.24, 2.45) is 5.92 Å². The molecule has 0 atom stereocenters. The molecule has 1 amide bonds. The maximum Gasteiger partial charge on any atom is 0.241 e. The van der Waals surface area contributed by atoms with Crippen molar-refractivity contribution in [1.29, 1.82) is 0 Å².